The van der Waals surface area contributed by atoms with Crippen LogP contribution in [0.2, 0.25) is 0 Å². The first-order valence-electron chi connectivity index (χ1n) is 11.0. The molecule has 1 amide bonds. The normalized spacial score (nSPS) is 11.1. The first kappa shape index (κ1) is 27.5. The summed E-state index contributed by atoms with van der Waals surface area (Å²) in [6.45, 7) is 5.55. The predicted molar refractivity (Wildman–Crippen MR) is 137 cm³/mol. The third kappa shape index (κ3) is 6.18. The molecular weight excluding hydrogens is 505 g/mol. The lowest BCUT2D eigenvalue weighted by atomic mass is 9.99. The van der Waals surface area contributed by atoms with Gasteiger partial charge in [-0.15, -0.1) is 11.3 Å². The lowest BCUT2D eigenvalue weighted by Gasteiger charge is -2.15. The number of hydrogen-bond donors (Lipinski definition) is 3. The molecule has 0 aliphatic carbocycles. The molecule has 0 radical (unpaired) electrons. The second-order valence-corrected chi connectivity index (χ2v) is 9.11. The van der Waals surface area contributed by atoms with Crippen molar-refractivity contribution in [2.75, 3.05) is 5.73 Å². The number of benzene rings is 2. The van der Waals surface area contributed by atoms with Gasteiger partial charge in [0.25, 0.3) is 0 Å². The molecule has 2 aromatic heterocycles. The third-order valence-electron chi connectivity index (χ3n) is 5.75. The zero-order valence-corrected chi connectivity index (χ0v) is 21.1. The van der Waals surface area contributed by atoms with Crippen molar-refractivity contribution >= 4 is 28.9 Å². The number of carboxylic acid groups (broad SMARTS) is 1. The van der Waals surface area contributed by atoms with Crippen LogP contribution in [-0.4, -0.2) is 26.5 Å². The molecule has 2 aromatic carbocycles. The van der Waals surface area contributed by atoms with Crippen LogP contribution in [0.5, 0.6) is 0 Å². The fourth-order valence-electron chi connectivity index (χ4n) is 3.81. The van der Waals surface area contributed by atoms with E-state index in [-0.39, 0.29) is 11.3 Å². The third-order valence-corrected chi connectivity index (χ3v) is 6.69. The summed E-state index contributed by atoms with van der Waals surface area (Å²) >= 11 is 1.61. The highest BCUT2D eigenvalue weighted by molar-refractivity contribution is 7.13. The van der Waals surface area contributed by atoms with E-state index >= 15 is 0 Å². The molecule has 0 saturated carbocycles. The van der Waals surface area contributed by atoms with E-state index in [0.29, 0.717) is 12.1 Å². The number of carbonyl (C=O) groups excluding carboxylic acids is 1. The molecule has 0 fully saturated rings. The molecular formula is C26H25F3N4O3S. The Morgan fingerprint density at radius 1 is 1.05 bits per heavy atom. The van der Waals surface area contributed by atoms with Crippen LogP contribution < -0.4 is 11.5 Å². The maximum Gasteiger partial charge on any atom is 0.417 e. The number of alkyl halides is 3. The van der Waals surface area contributed by atoms with E-state index < -0.39 is 29.2 Å². The maximum absolute atomic E-state index is 12.6. The van der Waals surface area contributed by atoms with Crippen LogP contribution in [0.4, 0.5) is 18.9 Å². The Morgan fingerprint density at radius 3 is 2.24 bits per heavy atom. The van der Waals surface area contributed by atoms with Gasteiger partial charge in [0.05, 0.1) is 28.9 Å². The minimum Gasteiger partial charge on any atom is -0.478 e. The first-order valence-corrected chi connectivity index (χ1v) is 11.8. The number of halogens is 3. The van der Waals surface area contributed by atoms with Crippen LogP contribution in [0.3, 0.4) is 0 Å². The van der Waals surface area contributed by atoms with E-state index in [1.165, 1.54) is 13.0 Å². The van der Waals surface area contributed by atoms with Crippen LogP contribution in [0.1, 0.15) is 48.9 Å². The Morgan fingerprint density at radius 2 is 1.70 bits per heavy atom. The second-order valence-electron chi connectivity index (χ2n) is 8.25. The van der Waals surface area contributed by atoms with Crippen LogP contribution >= 0.6 is 11.3 Å². The van der Waals surface area contributed by atoms with Crippen molar-refractivity contribution in [1.29, 1.82) is 0 Å². The maximum atomic E-state index is 12.6. The molecule has 2 heterocycles. The highest BCUT2D eigenvalue weighted by Crippen LogP contribution is 2.36. The van der Waals surface area contributed by atoms with Crippen molar-refractivity contribution < 1.29 is 27.9 Å². The van der Waals surface area contributed by atoms with Gasteiger partial charge in [0.2, 0.25) is 5.91 Å². The van der Waals surface area contributed by atoms with Crippen molar-refractivity contribution in [3.8, 4) is 10.6 Å². The van der Waals surface area contributed by atoms with Crippen LogP contribution in [-0.2, 0) is 12.7 Å². The molecule has 11 heteroatoms. The second kappa shape index (κ2) is 10.9. The number of rotatable bonds is 5. The van der Waals surface area contributed by atoms with Crippen molar-refractivity contribution in [3.05, 3.63) is 93.2 Å². The summed E-state index contributed by atoms with van der Waals surface area (Å²) in [7, 11) is 0. The molecule has 0 aliphatic rings. The van der Waals surface area contributed by atoms with Gasteiger partial charge in [0.1, 0.15) is 5.01 Å². The van der Waals surface area contributed by atoms with Crippen molar-refractivity contribution in [2.45, 2.75) is 33.5 Å². The van der Waals surface area contributed by atoms with E-state index in [1.807, 2.05) is 54.1 Å². The molecule has 0 atom stereocenters. The van der Waals surface area contributed by atoms with E-state index in [4.69, 9.17) is 11.5 Å². The number of aromatic nitrogens is 2. The number of amides is 1. The summed E-state index contributed by atoms with van der Waals surface area (Å²) in [5, 5.41) is 12.2. The molecule has 4 rings (SSSR count). The van der Waals surface area contributed by atoms with E-state index in [2.05, 4.69) is 4.98 Å². The minimum atomic E-state index is -4.64. The Kier molecular flexibility index (Phi) is 8.07. The lowest BCUT2D eigenvalue weighted by molar-refractivity contribution is -0.138. The van der Waals surface area contributed by atoms with E-state index in [1.54, 1.807) is 17.4 Å². The van der Waals surface area contributed by atoms with Gasteiger partial charge in [-0.1, -0.05) is 30.3 Å². The molecule has 4 aromatic rings. The largest absolute Gasteiger partial charge is 0.478 e. The molecule has 0 spiro atoms. The average molecular weight is 531 g/mol. The molecule has 5 N–H and O–H groups in total. The summed E-state index contributed by atoms with van der Waals surface area (Å²) < 4.78 is 39.8. The van der Waals surface area contributed by atoms with Crippen molar-refractivity contribution in [1.82, 2.24) is 9.55 Å². The first-order chi connectivity index (χ1) is 17.3. The zero-order valence-electron chi connectivity index (χ0n) is 20.3. The number of thiazole rings is 1. The molecule has 0 aliphatic heterocycles. The summed E-state index contributed by atoms with van der Waals surface area (Å²) in [5.41, 5.74) is 12.5. The molecule has 0 unspecified atom stereocenters. The van der Waals surface area contributed by atoms with Gasteiger partial charge in [0.15, 0.2) is 0 Å². The minimum absolute atomic E-state index is 0.0210. The molecule has 7 nitrogen and oxygen atoms in total. The van der Waals surface area contributed by atoms with Gasteiger partial charge in [-0.05, 0) is 44.5 Å². The van der Waals surface area contributed by atoms with Crippen LogP contribution in [0, 0.1) is 20.8 Å². The summed E-state index contributed by atoms with van der Waals surface area (Å²) in [5.74, 6) is -2.01. The quantitative estimate of drug-likeness (QED) is 0.287. The number of nitrogen functional groups attached to an aromatic ring is 1. The number of anilines is 1. The number of aryl methyl sites for hydroxylation is 1. The topological polar surface area (TPSA) is 124 Å². The monoisotopic (exact) mass is 530 g/mol. The zero-order chi connectivity index (χ0) is 27.5. The smallest absolute Gasteiger partial charge is 0.417 e. The molecule has 0 saturated heterocycles. The Hall–Kier alpha value is -4.12. The van der Waals surface area contributed by atoms with E-state index in [9.17, 15) is 27.9 Å². The molecule has 0 bridgehead atoms. The van der Waals surface area contributed by atoms with Gasteiger partial charge >= 0.3 is 12.1 Å². The number of primary amides is 1. The number of carbonyl (C=O) groups is 2. The van der Waals surface area contributed by atoms with Crippen molar-refractivity contribution in [2.24, 2.45) is 5.73 Å². The summed E-state index contributed by atoms with van der Waals surface area (Å²) in [4.78, 5) is 26.7. The van der Waals surface area contributed by atoms with Gasteiger partial charge in [-0.2, -0.15) is 13.2 Å². The average Bonchev–Trinajstić information content (AvgIpc) is 3.41. The molecule has 37 heavy (non-hydrogen) atoms. The van der Waals surface area contributed by atoms with Gasteiger partial charge in [-0.3, -0.25) is 4.79 Å². The van der Waals surface area contributed by atoms with Crippen LogP contribution in [0.25, 0.3) is 10.6 Å². The summed E-state index contributed by atoms with van der Waals surface area (Å²) in [6, 6.07) is 14.0. The lowest BCUT2D eigenvalue weighted by Crippen LogP contribution is -2.20. The highest BCUT2D eigenvalue weighted by atomic mass is 32.1. The van der Waals surface area contributed by atoms with Gasteiger partial charge in [0, 0.05) is 28.0 Å². The summed E-state index contributed by atoms with van der Waals surface area (Å²) in [6.07, 6.45) is -4.64. The standard InChI is InChI=1S/C17H16N2O2S.C9H9F3N2O/c1-11-8-15(17(20)21)12(2)19(11)9-14-10-22-16(18-14)13-6-4-3-5-7-13;1-4-6(13)3-2-5(8(14)15)7(4)9(10,11)12/h3-8,10H,9H2,1-2H3,(H,20,21);2-3H,13H2,1H3,(H2,14,15). The number of hydrogen-bond acceptors (Lipinski definition) is 5. The van der Waals surface area contributed by atoms with E-state index in [0.717, 1.165) is 33.7 Å². The van der Waals surface area contributed by atoms with Gasteiger partial charge < -0.3 is 21.1 Å². The number of nitrogens with two attached hydrogens (primary N) is 2. The molecule has 194 valence electrons. The number of carboxylic acids is 1. The number of aromatic carboxylic acids is 1. The van der Waals surface area contributed by atoms with Crippen molar-refractivity contribution in [3.63, 3.8) is 0 Å². The Balaban J connectivity index is 0.000000222. The van der Waals surface area contributed by atoms with Crippen LogP contribution in [0.15, 0.2) is 53.9 Å². The number of nitrogens with zero attached hydrogens (tertiary/aromatic N) is 2. The highest BCUT2D eigenvalue weighted by Gasteiger charge is 2.37. The fraction of sp³-hybridized carbons (Fsp3) is 0.192. The van der Waals surface area contributed by atoms with Gasteiger partial charge in [-0.25, -0.2) is 9.78 Å². The predicted octanol–water partition coefficient (Wildman–Crippen LogP) is 5.67. The fourth-order valence-corrected chi connectivity index (χ4v) is 4.63. The SMILES string of the molecule is Cc1c(N)ccc(C(N)=O)c1C(F)(F)F.Cc1cc(C(=O)O)c(C)n1Cc1csc(-c2ccccc2)n1. The Labute approximate surface area is 215 Å². The Bertz CT molecular complexity index is 1440.